The number of quaternary nitrogens is 1. The maximum Gasteiger partial charge on any atom is 0.429 e. The average molecular weight is 381 g/mol. The highest BCUT2D eigenvalue weighted by molar-refractivity contribution is 6.42. The number of carbonyl (C=O) groups is 2. The number of hydrogen-bond donors (Lipinski definition) is 1. The minimum atomic E-state index is -1.32. The Morgan fingerprint density at radius 2 is 1.88 bits per heavy atom. The summed E-state index contributed by atoms with van der Waals surface area (Å²) in [5, 5.41) is 22.7. The highest BCUT2D eigenvalue weighted by Gasteiger charge is 2.46. The van der Waals surface area contributed by atoms with Gasteiger partial charge in [0.25, 0.3) is 0 Å². The first-order valence-electron chi connectivity index (χ1n) is 7.49. The van der Waals surface area contributed by atoms with E-state index >= 15 is 0 Å². The predicted molar refractivity (Wildman–Crippen MR) is 96.8 cm³/mol. The summed E-state index contributed by atoms with van der Waals surface area (Å²) in [6, 6.07) is 10.9. The molecular formula is C17H14Cl2N2O4. The number of hydrogen-bond acceptors (Lipinski definition) is 3. The van der Waals surface area contributed by atoms with Gasteiger partial charge in [0.2, 0.25) is 0 Å². The van der Waals surface area contributed by atoms with Gasteiger partial charge in [0.15, 0.2) is 5.69 Å². The topological polar surface area (TPSA) is 80.7 Å². The zero-order valence-electron chi connectivity index (χ0n) is 13.0. The number of anilines is 1. The molecule has 0 fully saturated rings. The molecule has 0 spiro atoms. The molecule has 0 aromatic heterocycles. The Bertz CT molecular complexity index is 858. The number of para-hydroxylation sites is 2. The monoisotopic (exact) mass is 380 g/mol. The minimum absolute atomic E-state index is 0.141. The van der Waals surface area contributed by atoms with Crippen LogP contribution in [0.1, 0.15) is 12.0 Å². The molecule has 3 rings (SSSR count). The van der Waals surface area contributed by atoms with Crippen molar-refractivity contribution in [2.24, 2.45) is 0 Å². The molecule has 6 nitrogen and oxygen atoms in total. The van der Waals surface area contributed by atoms with Gasteiger partial charge in [0, 0.05) is 6.07 Å². The van der Waals surface area contributed by atoms with Crippen LogP contribution in [0.2, 0.25) is 10.0 Å². The molecule has 1 N–H and O–H groups in total. The van der Waals surface area contributed by atoms with Crippen molar-refractivity contribution in [1.29, 1.82) is 0 Å². The number of carbonyl (C=O) groups excluding carboxylic acids is 1. The fraction of sp³-hybridized carbons (Fsp3) is 0.176. The normalized spacial score (nSPS) is 19.2. The number of amides is 2. The predicted octanol–water partition coefficient (Wildman–Crippen LogP) is 4.41. The number of fused-ring (bicyclic) bond motifs is 1. The van der Waals surface area contributed by atoms with Crippen LogP contribution < -0.4 is 9.55 Å². The van der Waals surface area contributed by atoms with E-state index in [4.69, 9.17) is 28.3 Å². The molecule has 1 unspecified atom stereocenters. The first-order valence-corrected chi connectivity index (χ1v) is 8.25. The van der Waals surface area contributed by atoms with Crippen LogP contribution in [-0.4, -0.2) is 23.7 Å². The highest BCUT2D eigenvalue weighted by Crippen LogP contribution is 2.43. The minimum Gasteiger partial charge on any atom is -0.618 e. The molecule has 0 bridgehead atoms. The molecule has 1 heterocycles. The Kier molecular flexibility index (Phi) is 4.71. The Hall–Kier alpha value is -2.12. The third kappa shape index (κ3) is 3.21. The van der Waals surface area contributed by atoms with Crippen LogP contribution in [0.4, 0.5) is 16.2 Å². The molecule has 25 heavy (non-hydrogen) atoms. The summed E-state index contributed by atoms with van der Waals surface area (Å²) < 4.78 is -1.32. The van der Waals surface area contributed by atoms with E-state index in [2.05, 4.69) is 0 Å². The smallest absolute Gasteiger partial charge is 0.429 e. The zero-order valence-corrected chi connectivity index (χ0v) is 14.5. The molecule has 0 radical (unpaired) electrons. The van der Waals surface area contributed by atoms with Gasteiger partial charge in [0.1, 0.15) is 12.2 Å². The molecule has 130 valence electrons. The van der Waals surface area contributed by atoms with Crippen LogP contribution in [-0.2, 0) is 11.3 Å². The summed E-state index contributed by atoms with van der Waals surface area (Å²) >= 11 is 11.9. The summed E-state index contributed by atoms with van der Waals surface area (Å²) in [4.78, 5) is 25.0. The summed E-state index contributed by atoms with van der Waals surface area (Å²) in [5.41, 5.74) is 1.43. The van der Waals surface area contributed by atoms with Crippen LogP contribution >= 0.6 is 23.2 Å². The van der Waals surface area contributed by atoms with Gasteiger partial charge < -0.3 is 10.3 Å². The van der Waals surface area contributed by atoms with Gasteiger partial charge in [-0.2, -0.15) is 0 Å². The van der Waals surface area contributed by atoms with Gasteiger partial charge in [0.05, 0.1) is 23.0 Å². The van der Waals surface area contributed by atoms with Gasteiger partial charge in [-0.05, 0) is 23.8 Å². The van der Waals surface area contributed by atoms with Crippen LogP contribution in [0.5, 0.6) is 0 Å². The lowest BCUT2D eigenvalue weighted by molar-refractivity contribution is -0.137. The van der Waals surface area contributed by atoms with Gasteiger partial charge in [-0.25, -0.2) is 9.44 Å². The quantitative estimate of drug-likeness (QED) is 0.614. The Morgan fingerprint density at radius 1 is 1.16 bits per heavy atom. The number of carboxylic acid groups (broad SMARTS) is 1. The third-order valence-corrected chi connectivity index (χ3v) is 4.81. The van der Waals surface area contributed by atoms with E-state index in [1.807, 2.05) is 0 Å². The molecule has 1 aliphatic rings. The lowest BCUT2D eigenvalue weighted by Crippen LogP contribution is -2.51. The van der Waals surface area contributed by atoms with Crippen LogP contribution in [0.25, 0.3) is 0 Å². The lowest BCUT2D eigenvalue weighted by Gasteiger charge is -2.34. The zero-order chi connectivity index (χ0) is 18.2. The first kappa shape index (κ1) is 17.7. The van der Waals surface area contributed by atoms with Crippen molar-refractivity contribution >= 4 is 46.6 Å². The van der Waals surface area contributed by atoms with Gasteiger partial charge >= 0.3 is 12.0 Å². The van der Waals surface area contributed by atoms with Crippen molar-refractivity contribution in [2.45, 2.75) is 13.0 Å². The summed E-state index contributed by atoms with van der Waals surface area (Å²) in [6.07, 6.45) is -0.399. The SMILES string of the molecule is O=C(O)CC[N+]1([O-])C(=O)N(Cc2ccc(Cl)c(Cl)c2)c2ccccc21. The Balaban J connectivity index is 1.96. The van der Waals surface area contributed by atoms with E-state index < -0.39 is 23.1 Å². The van der Waals surface area contributed by atoms with Crippen molar-refractivity contribution in [3.63, 3.8) is 0 Å². The number of halogens is 2. The standard InChI is InChI=1S/C17H14Cl2N2O4/c18-12-6-5-11(9-13(12)19)10-20-14-3-1-2-4-15(14)21(25,17(20)24)8-7-16(22)23/h1-6,9H,7-8,10H2,(H,22,23). The molecule has 0 aliphatic carbocycles. The largest absolute Gasteiger partial charge is 0.618 e. The highest BCUT2D eigenvalue weighted by atomic mass is 35.5. The molecule has 1 aliphatic heterocycles. The molecule has 1 atom stereocenters. The van der Waals surface area contributed by atoms with Crippen molar-refractivity contribution in [3.05, 3.63) is 63.3 Å². The summed E-state index contributed by atoms with van der Waals surface area (Å²) in [7, 11) is 0. The van der Waals surface area contributed by atoms with Crippen LogP contribution in [0.15, 0.2) is 42.5 Å². The van der Waals surface area contributed by atoms with E-state index in [1.54, 1.807) is 42.5 Å². The second-order valence-corrected chi connectivity index (χ2v) is 6.53. The first-order chi connectivity index (χ1) is 11.8. The molecule has 0 saturated heterocycles. The molecule has 2 aromatic rings. The van der Waals surface area contributed by atoms with E-state index in [9.17, 15) is 14.8 Å². The Labute approximate surface area is 154 Å². The van der Waals surface area contributed by atoms with E-state index in [0.29, 0.717) is 21.3 Å². The summed E-state index contributed by atoms with van der Waals surface area (Å²) in [5.74, 6) is -1.12. The van der Waals surface area contributed by atoms with Crippen molar-refractivity contribution < 1.29 is 14.7 Å². The second-order valence-electron chi connectivity index (χ2n) is 5.71. The van der Waals surface area contributed by atoms with E-state index in [-0.39, 0.29) is 18.8 Å². The molecule has 2 aromatic carbocycles. The third-order valence-electron chi connectivity index (χ3n) is 4.07. The molecular weight excluding hydrogens is 367 g/mol. The fourth-order valence-electron chi connectivity index (χ4n) is 2.84. The number of aliphatic carboxylic acids is 1. The molecule has 2 amide bonds. The van der Waals surface area contributed by atoms with Gasteiger partial charge in [-0.3, -0.25) is 9.69 Å². The molecule has 8 heteroatoms. The van der Waals surface area contributed by atoms with E-state index in [1.165, 1.54) is 4.90 Å². The van der Waals surface area contributed by atoms with Gasteiger partial charge in [-0.15, -0.1) is 0 Å². The molecule has 0 saturated carbocycles. The number of nitrogens with zero attached hydrogens (tertiary/aromatic N) is 2. The summed E-state index contributed by atoms with van der Waals surface area (Å²) in [6.45, 7) is -0.217. The average Bonchev–Trinajstić information content (AvgIpc) is 2.79. The Morgan fingerprint density at radius 3 is 2.56 bits per heavy atom. The van der Waals surface area contributed by atoms with Crippen molar-refractivity contribution in [2.75, 3.05) is 11.4 Å². The maximum atomic E-state index is 13.1. The van der Waals surface area contributed by atoms with Crippen molar-refractivity contribution in [3.8, 4) is 0 Å². The lowest BCUT2D eigenvalue weighted by atomic mass is 10.2. The number of hydroxylamine groups is 2. The second kappa shape index (κ2) is 6.65. The fourth-order valence-corrected chi connectivity index (χ4v) is 3.16. The van der Waals surface area contributed by atoms with Crippen molar-refractivity contribution in [1.82, 2.24) is 4.65 Å². The maximum absolute atomic E-state index is 13.1. The van der Waals surface area contributed by atoms with Gasteiger partial charge in [-0.1, -0.05) is 41.4 Å². The number of rotatable bonds is 5. The number of benzene rings is 2. The van der Waals surface area contributed by atoms with Crippen LogP contribution in [0.3, 0.4) is 0 Å². The number of urea groups is 1. The van der Waals surface area contributed by atoms with E-state index in [0.717, 1.165) is 0 Å². The number of carboxylic acids is 1. The van der Waals surface area contributed by atoms with Crippen LogP contribution in [0, 0.1) is 5.21 Å².